The number of alkyl carbamates (subject to hydrolysis) is 1. The van der Waals surface area contributed by atoms with Crippen LogP contribution in [0.1, 0.15) is 32.3 Å². The number of esters is 1. The first-order valence-electron chi connectivity index (χ1n) is 8.27. The van der Waals surface area contributed by atoms with E-state index in [0.29, 0.717) is 26.1 Å². The second-order valence-electron chi connectivity index (χ2n) is 6.16. The van der Waals surface area contributed by atoms with E-state index < -0.39 is 23.5 Å². The molecule has 0 radical (unpaired) electrons. The number of benzene rings is 1. The van der Waals surface area contributed by atoms with E-state index >= 15 is 0 Å². The van der Waals surface area contributed by atoms with Gasteiger partial charge in [-0.25, -0.2) is 9.59 Å². The van der Waals surface area contributed by atoms with Gasteiger partial charge in [-0.3, -0.25) is 0 Å². The Bertz CT molecular complexity index is 540. The molecule has 132 valence electrons. The quantitative estimate of drug-likeness (QED) is 0.809. The SMILES string of the molecule is CCOC(=O)C(NC(=O)OCc1ccccc1)C1(C)CCOCC1. The van der Waals surface area contributed by atoms with E-state index in [-0.39, 0.29) is 13.2 Å². The van der Waals surface area contributed by atoms with E-state index in [1.54, 1.807) is 6.92 Å². The molecular weight excluding hydrogens is 310 g/mol. The molecule has 0 aromatic heterocycles. The third-order valence-electron chi connectivity index (χ3n) is 4.33. The third kappa shape index (κ3) is 4.96. The fourth-order valence-corrected chi connectivity index (χ4v) is 2.75. The van der Waals surface area contributed by atoms with Crippen molar-refractivity contribution in [2.45, 2.75) is 39.3 Å². The van der Waals surface area contributed by atoms with Crippen LogP contribution in [0.3, 0.4) is 0 Å². The highest BCUT2D eigenvalue weighted by Crippen LogP contribution is 2.34. The normalized spacial score (nSPS) is 17.6. The number of ether oxygens (including phenoxy) is 3. The largest absolute Gasteiger partial charge is 0.464 e. The fraction of sp³-hybridized carbons (Fsp3) is 0.556. The first-order valence-corrected chi connectivity index (χ1v) is 8.27. The lowest BCUT2D eigenvalue weighted by Gasteiger charge is -2.39. The van der Waals surface area contributed by atoms with Crippen molar-refractivity contribution >= 4 is 12.1 Å². The Morgan fingerprint density at radius 2 is 1.88 bits per heavy atom. The monoisotopic (exact) mass is 335 g/mol. The molecule has 1 aromatic carbocycles. The molecule has 1 saturated heterocycles. The van der Waals surface area contributed by atoms with E-state index in [0.717, 1.165) is 5.56 Å². The zero-order valence-electron chi connectivity index (χ0n) is 14.2. The summed E-state index contributed by atoms with van der Waals surface area (Å²) in [4.78, 5) is 24.5. The second kappa shape index (κ2) is 8.68. The van der Waals surface area contributed by atoms with Gasteiger partial charge in [-0.15, -0.1) is 0 Å². The van der Waals surface area contributed by atoms with Crippen LogP contribution in [0, 0.1) is 5.41 Å². The standard InChI is InChI=1S/C18H25NO5/c1-3-23-16(20)15(18(2)9-11-22-12-10-18)19-17(21)24-13-14-7-5-4-6-8-14/h4-8,15H,3,9-13H2,1-2H3,(H,19,21). The van der Waals surface area contributed by atoms with E-state index in [2.05, 4.69) is 5.32 Å². The number of hydrogen-bond acceptors (Lipinski definition) is 5. The van der Waals surface area contributed by atoms with Crippen LogP contribution in [-0.2, 0) is 25.6 Å². The smallest absolute Gasteiger partial charge is 0.408 e. The molecule has 1 aliphatic heterocycles. The van der Waals surface area contributed by atoms with Crippen LogP contribution in [0.4, 0.5) is 4.79 Å². The highest BCUT2D eigenvalue weighted by atomic mass is 16.6. The summed E-state index contributed by atoms with van der Waals surface area (Å²) < 4.78 is 15.7. The van der Waals surface area contributed by atoms with Gasteiger partial charge in [0, 0.05) is 18.6 Å². The van der Waals surface area contributed by atoms with Gasteiger partial charge in [-0.1, -0.05) is 37.3 Å². The number of rotatable bonds is 6. The van der Waals surface area contributed by atoms with Gasteiger partial charge in [-0.2, -0.15) is 0 Å². The number of nitrogens with one attached hydrogen (secondary N) is 1. The molecule has 1 aliphatic rings. The Hall–Kier alpha value is -2.08. The van der Waals surface area contributed by atoms with Gasteiger partial charge in [0.25, 0.3) is 0 Å². The minimum absolute atomic E-state index is 0.155. The summed E-state index contributed by atoms with van der Waals surface area (Å²) in [7, 11) is 0. The molecule has 0 spiro atoms. The molecule has 1 fully saturated rings. The minimum Gasteiger partial charge on any atom is -0.464 e. The fourth-order valence-electron chi connectivity index (χ4n) is 2.75. The van der Waals surface area contributed by atoms with Gasteiger partial charge in [0.15, 0.2) is 0 Å². The Morgan fingerprint density at radius 1 is 1.21 bits per heavy atom. The van der Waals surface area contributed by atoms with Gasteiger partial charge in [0.05, 0.1) is 6.61 Å². The van der Waals surface area contributed by atoms with Crippen molar-refractivity contribution in [3.8, 4) is 0 Å². The second-order valence-corrected chi connectivity index (χ2v) is 6.16. The predicted molar refractivity (Wildman–Crippen MR) is 88.3 cm³/mol. The lowest BCUT2D eigenvalue weighted by Crippen LogP contribution is -2.54. The Balaban J connectivity index is 1.98. The van der Waals surface area contributed by atoms with Crippen LogP contribution in [0.25, 0.3) is 0 Å². The molecule has 1 N–H and O–H groups in total. The molecule has 0 aliphatic carbocycles. The Morgan fingerprint density at radius 3 is 2.50 bits per heavy atom. The van der Waals surface area contributed by atoms with E-state index in [9.17, 15) is 9.59 Å². The summed E-state index contributed by atoms with van der Waals surface area (Å²) in [6.07, 6.45) is 0.731. The molecule has 1 heterocycles. The van der Waals surface area contributed by atoms with Gasteiger partial charge in [-0.05, 0) is 25.3 Å². The number of amides is 1. The molecule has 1 amide bonds. The molecular formula is C18H25NO5. The number of hydrogen-bond donors (Lipinski definition) is 1. The molecule has 0 bridgehead atoms. The number of carbonyl (C=O) groups is 2. The van der Waals surface area contributed by atoms with Crippen LogP contribution in [0.2, 0.25) is 0 Å². The van der Waals surface area contributed by atoms with Crippen molar-refractivity contribution < 1.29 is 23.8 Å². The topological polar surface area (TPSA) is 73.9 Å². The van der Waals surface area contributed by atoms with Crippen molar-refractivity contribution in [1.29, 1.82) is 0 Å². The van der Waals surface area contributed by atoms with Gasteiger partial charge >= 0.3 is 12.1 Å². The molecule has 1 unspecified atom stereocenters. The molecule has 1 aromatic rings. The van der Waals surface area contributed by atoms with E-state index in [1.807, 2.05) is 37.3 Å². The maximum atomic E-state index is 12.3. The van der Waals surface area contributed by atoms with E-state index in [4.69, 9.17) is 14.2 Å². The summed E-state index contributed by atoms with van der Waals surface area (Å²) in [5, 5.41) is 2.69. The highest BCUT2D eigenvalue weighted by Gasteiger charge is 2.42. The van der Waals surface area contributed by atoms with Crippen molar-refractivity contribution in [2.24, 2.45) is 5.41 Å². The van der Waals surface area contributed by atoms with Crippen LogP contribution in [0.15, 0.2) is 30.3 Å². The molecule has 2 rings (SSSR count). The minimum atomic E-state index is -0.746. The first kappa shape index (κ1) is 18.3. The molecule has 6 heteroatoms. The lowest BCUT2D eigenvalue weighted by molar-refractivity contribution is -0.151. The molecule has 1 atom stereocenters. The maximum Gasteiger partial charge on any atom is 0.408 e. The number of carbonyl (C=O) groups excluding carboxylic acids is 2. The van der Waals surface area contributed by atoms with Crippen molar-refractivity contribution in [2.75, 3.05) is 19.8 Å². The summed E-state index contributed by atoms with van der Waals surface area (Å²) in [5.74, 6) is -0.432. The average molecular weight is 335 g/mol. The van der Waals surface area contributed by atoms with Gasteiger partial charge in [0.1, 0.15) is 12.6 Å². The van der Waals surface area contributed by atoms with Crippen molar-refractivity contribution in [1.82, 2.24) is 5.32 Å². The third-order valence-corrected chi connectivity index (χ3v) is 4.33. The van der Waals surface area contributed by atoms with Crippen LogP contribution in [0.5, 0.6) is 0 Å². The van der Waals surface area contributed by atoms with Gasteiger partial charge < -0.3 is 19.5 Å². The summed E-state index contributed by atoms with van der Waals surface area (Å²) in [6, 6.07) is 8.64. The van der Waals surface area contributed by atoms with Crippen LogP contribution in [-0.4, -0.2) is 37.9 Å². The van der Waals surface area contributed by atoms with E-state index in [1.165, 1.54) is 0 Å². The van der Waals surface area contributed by atoms with Crippen molar-refractivity contribution in [3.63, 3.8) is 0 Å². The Labute approximate surface area is 142 Å². The molecule has 6 nitrogen and oxygen atoms in total. The summed E-state index contributed by atoms with van der Waals surface area (Å²) in [6.45, 7) is 5.26. The van der Waals surface area contributed by atoms with Gasteiger partial charge in [0.2, 0.25) is 0 Å². The maximum absolute atomic E-state index is 12.3. The van der Waals surface area contributed by atoms with Crippen LogP contribution < -0.4 is 5.32 Å². The van der Waals surface area contributed by atoms with Crippen LogP contribution >= 0.6 is 0 Å². The predicted octanol–water partition coefficient (Wildman–Crippen LogP) is 2.66. The Kier molecular flexibility index (Phi) is 6.61. The summed E-state index contributed by atoms with van der Waals surface area (Å²) in [5.41, 5.74) is 0.480. The lowest BCUT2D eigenvalue weighted by atomic mass is 9.75. The highest BCUT2D eigenvalue weighted by molar-refractivity contribution is 5.82. The first-order chi connectivity index (χ1) is 11.5. The average Bonchev–Trinajstić information content (AvgIpc) is 2.59. The zero-order valence-corrected chi connectivity index (χ0v) is 14.2. The summed E-state index contributed by atoms with van der Waals surface area (Å²) >= 11 is 0. The zero-order chi connectivity index (χ0) is 17.4. The molecule has 0 saturated carbocycles. The molecule has 24 heavy (non-hydrogen) atoms. The van der Waals surface area contributed by atoms with Crippen molar-refractivity contribution in [3.05, 3.63) is 35.9 Å².